The van der Waals surface area contributed by atoms with E-state index < -0.39 is 0 Å². The molecule has 1 aliphatic rings. The first-order valence-corrected chi connectivity index (χ1v) is 5.76. The number of hydrogen-bond acceptors (Lipinski definition) is 3. The van der Waals surface area contributed by atoms with Crippen LogP contribution in [0.2, 0.25) is 0 Å². The van der Waals surface area contributed by atoms with Gasteiger partial charge in [-0.25, -0.2) is 0 Å². The quantitative estimate of drug-likeness (QED) is 0.876. The molecule has 0 atom stereocenters. The lowest BCUT2D eigenvalue weighted by Crippen LogP contribution is -2.47. The molecule has 0 bridgehead atoms. The van der Waals surface area contributed by atoms with Gasteiger partial charge in [-0.05, 0) is 23.3 Å². The molecule has 2 N–H and O–H groups in total. The van der Waals surface area contributed by atoms with Crippen LogP contribution in [0.4, 0.5) is 0 Å². The predicted octanol–water partition coefficient (Wildman–Crippen LogP) is 2.05. The lowest BCUT2D eigenvalue weighted by molar-refractivity contribution is -0.0476. The third kappa shape index (κ3) is 1.59. The van der Waals surface area contributed by atoms with Gasteiger partial charge in [0.1, 0.15) is 5.76 Å². The lowest BCUT2D eigenvalue weighted by Gasteiger charge is -2.40. The average molecular weight is 229 g/mol. The molecule has 1 aromatic carbocycles. The van der Waals surface area contributed by atoms with Gasteiger partial charge in [0, 0.05) is 6.54 Å². The molecule has 0 spiro atoms. The van der Waals surface area contributed by atoms with Crippen LogP contribution in [0, 0.1) is 0 Å². The zero-order valence-electron chi connectivity index (χ0n) is 9.56. The van der Waals surface area contributed by atoms with E-state index in [1.807, 2.05) is 12.1 Å². The van der Waals surface area contributed by atoms with Gasteiger partial charge in [-0.1, -0.05) is 24.3 Å². The van der Waals surface area contributed by atoms with E-state index in [2.05, 4.69) is 24.3 Å². The van der Waals surface area contributed by atoms with Gasteiger partial charge < -0.3 is 14.9 Å². The number of hydrogen-bond donors (Lipinski definition) is 1. The third-order valence-electron chi connectivity index (χ3n) is 3.43. The molecule has 2 heterocycles. The van der Waals surface area contributed by atoms with Gasteiger partial charge in [0.05, 0.1) is 24.9 Å². The fourth-order valence-corrected chi connectivity index (χ4v) is 2.27. The first kappa shape index (κ1) is 10.6. The van der Waals surface area contributed by atoms with Crippen molar-refractivity contribution in [1.29, 1.82) is 0 Å². The van der Waals surface area contributed by atoms with Gasteiger partial charge in [0.2, 0.25) is 0 Å². The summed E-state index contributed by atoms with van der Waals surface area (Å²) in [4.78, 5) is 0. The molecule has 3 heteroatoms. The molecule has 17 heavy (non-hydrogen) atoms. The van der Waals surface area contributed by atoms with Crippen molar-refractivity contribution in [3.63, 3.8) is 0 Å². The predicted molar refractivity (Wildman–Crippen MR) is 64.6 cm³/mol. The van der Waals surface area contributed by atoms with Crippen molar-refractivity contribution in [3.8, 4) is 0 Å². The highest BCUT2D eigenvalue weighted by molar-refractivity contribution is 5.38. The highest BCUT2D eigenvalue weighted by atomic mass is 16.5. The van der Waals surface area contributed by atoms with Crippen LogP contribution >= 0.6 is 0 Å². The number of furan rings is 1. The van der Waals surface area contributed by atoms with E-state index in [1.165, 1.54) is 5.56 Å². The van der Waals surface area contributed by atoms with E-state index in [-0.39, 0.29) is 5.41 Å². The Morgan fingerprint density at radius 3 is 2.35 bits per heavy atom. The maximum atomic E-state index is 5.61. The van der Waals surface area contributed by atoms with Crippen LogP contribution in [0.1, 0.15) is 16.9 Å². The van der Waals surface area contributed by atoms with Crippen LogP contribution in [0.5, 0.6) is 0 Å². The summed E-state index contributed by atoms with van der Waals surface area (Å²) < 4.78 is 10.9. The monoisotopic (exact) mass is 229 g/mol. The summed E-state index contributed by atoms with van der Waals surface area (Å²) in [6, 6.07) is 12.3. The largest absolute Gasteiger partial charge is 0.468 e. The molecule has 0 unspecified atom stereocenters. The lowest BCUT2D eigenvalue weighted by atomic mass is 9.76. The summed E-state index contributed by atoms with van der Waals surface area (Å²) in [5.74, 6) is 0.976. The van der Waals surface area contributed by atoms with Crippen LogP contribution < -0.4 is 5.73 Å². The average Bonchev–Trinajstić information content (AvgIpc) is 2.83. The molecule has 1 aliphatic heterocycles. The van der Waals surface area contributed by atoms with E-state index >= 15 is 0 Å². The fraction of sp³-hybridized carbons (Fsp3) is 0.286. The van der Waals surface area contributed by atoms with Crippen molar-refractivity contribution in [2.75, 3.05) is 13.2 Å². The van der Waals surface area contributed by atoms with Crippen molar-refractivity contribution in [2.45, 2.75) is 12.0 Å². The van der Waals surface area contributed by atoms with Crippen LogP contribution in [-0.2, 0) is 16.7 Å². The SMILES string of the molecule is NCc1ccc(C2(c3ccco3)COC2)cc1. The normalized spacial score (nSPS) is 17.7. The van der Waals surface area contributed by atoms with Crippen LogP contribution in [0.25, 0.3) is 0 Å². The Balaban J connectivity index is 2.00. The van der Waals surface area contributed by atoms with Crippen molar-refractivity contribution in [3.05, 3.63) is 59.5 Å². The van der Waals surface area contributed by atoms with Gasteiger partial charge >= 0.3 is 0 Å². The number of nitrogens with two attached hydrogens (primary N) is 1. The van der Waals surface area contributed by atoms with Crippen molar-refractivity contribution in [1.82, 2.24) is 0 Å². The molecule has 2 aromatic rings. The van der Waals surface area contributed by atoms with Crippen LogP contribution in [-0.4, -0.2) is 13.2 Å². The molecule has 0 amide bonds. The van der Waals surface area contributed by atoms with E-state index in [1.54, 1.807) is 6.26 Å². The highest BCUT2D eigenvalue weighted by Crippen LogP contribution is 2.39. The molecule has 3 rings (SSSR count). The molecule has 0 aliphatic carbocycles. The molecular formula is C14H15NO2. The van der Waals surface area contributed by atoms with Gasteiger partial charge in [-0.2, -0.15) is 0 Å². The molecule has 0 saturated carbocycles. The van der Waals surface area contributed by atoms with E-state index in [4.69, 9.17) is 14.9 Å². The Labute approximate surface area is 100 Å². The van der Waals surface area contributed by atoms with Gasteiger partial charge in [0.15, 0.2) is 0 Å². The maximum Gasteiger partial charge on any atom is 0.118 e. The summed E-state index contributed by atoms with van der Waals surface area (Å²) >= 11 is 0. The second-order valence-electron chi connectivity index (χ2n) is 4.45. The Morgan fingerprint density at radius 1 is 1.12 bits per heavy atom. The molecule has 1 saturated heterocycles. The Hall–Kier alpha value is -1.58. The highest BCUT2D eigenvalue weighted by Gasteiger charge is 2.44. The first-order chi connectivity index (χ1) is 8.35. The standard InChI is InChI=1S/C14H15NO2/c15-8-11-3-5-12(6-4-11)14(9-16-10-14)13-2-1-7-17-13/h1-7H,8-10,15H2. The Morgan fingerprint density at radius 2 is 1.88 bits per heavy atom. The molecule has 3 nitrogen and oxygen atoms in total. The van der Waals surface area contributed by atoms with E-state index in [0.29, 0.717) is 19.8 Å². The summed E-state index contributed by atoms with van der Waals surface area (Å²) in [7, 11) is 0. The number of benzene rings is 1. The summed E-state index contributed by atoms with van der Waals surface area (Å²) in [6.45, 7) is 1.94. The Kier molecular flexibility index (Phi) is 2.50. The van der Waals surface area contributed by atoms with Gasteiger partial charge in [0.25, 0.3) is 0 Å². The van der Waals surface area contributed by atoms with E-state index in [9.17, 15) is 0 Å². The van der Waals surface area contributed by atoms with Crippen molar-refractivity contribution >= 4 is 0 Å². The van der Waals surface area contributed by atoms with Crippen LogP contribution in [0.15, 0.2) is 47.1 Å². The first-order valence-electron chi connectivity index (χ1n) is 5.76. The number of rotatable bonds is 3. The molecule has 1 aromatic heterocycles. The third-order valence-corrected chi connectivity index (χ3v) is 3.43. The summed E-state index contributed by atoms with van der Waals surface area (Å²) in [6.07, 6.45) is 1.71. The minimum absolute atomic E-state index is 0.101. The topological polar surface area (TPSA) is 48.4 Å². The fourth-order valence-electron chi connectivity index (χ4n) is 2.27. The van der Waals surface area contributed by atoms with Crippen LogP contribution in [0.3, 0.4) is 0 Å². The smallest absolute Gasteiger partial charge is 0.118 e. The molecule has 0 radical (unpaired) electrons. The second-order valence-corrected chi connectivity index (χ2v) is 4.45. The van der Waals surface area contributed by atoms with E-state index in [0.717, 1.165) is 11.3 Å². The zero-order chi connectivity index (χ0) is 11.7. The zero-order valence-corrected chi connectivity index (χ0v) is 9.56. The Bertz CT molecular complexity index is 483. The minimum atomic E-state index is -0.101. The molecular weight excluding hydrogens is 214 g/mol. The minimum Gasteiger partial charge on any atom is -0.468 e. The molecule has 1 fully saturated rings. The summed E-state index contributed by atoms with van der Waals surface area (Å²) in [5.41, 5.74) is 7.88. The summed E-state index contributed by atoms with van der Waals surface area (Å²) in [5, 5.41) is 0. The second kappa shape index (κ2) is 4.02. The van der Waals surface area contributed by atoms with Gasteiger partial charge in [-0.15, -0.1) is 0 Å². The molecule has 88 valence electrons. The maximum absolute atomic E-state index is 5.61. The van der Waals surface area contributed by atoms with Crippen molar-refractivity contribution < 1.29 is 9.15 Å². The van der Waals surface area contributed by atoms with Crippen molar-refractivity contribution in [2.24, 2.45) is 5.73 Å². The number of ether oxygens (including phenoxy) is 1. The van der Waals surface area contributed by atoms with Gasteiger partial charge in [-0.3, -0.25) is 0 Å².